The number of carboxylic acids is 1. The Kier molecular flexibility index (Phi) is 4.57. The van der Waals surface area contributed by atoms with Gasteiger partial charge in [0.15, 0.2) is 0 Å². The van der Waals surface area contributed by atoms with E-state index in [1.807, 2.05) is 18.2 Å². The minimum absolute atomic E-state index is 0.110. The highest BCUT2D eigenvalue weighted by molar-refractivity contribution is 7.15. The van der Waals surface area contributed by atoms with Crippen molar-refractivity contribution >= 4 is 23.2 Å². The van der Waals surface area contributed by atoms with Crippen LogP contribution in [0, 0.1) is 0 Å². The Morgan fingerprint density at radius 2 is 1.92 bits per heavy atom. The summed E-state index contributed by atoms with van der Waals surface area (Å²) in [5.74, 6) is 0.170. The Balaban J connectivity index is 1.62. The molecule has 6 heteroatoms. The van der Waals surface area contributed by atoms with Gasteiger partial charge in [-0.15, -0.1) is 11.3 Å². The Morgan fingerprint density at radius 3 is 2.54 bits per heavy atom. The number of carbonyl (C=O) groups excluding carboxylic acids is 1. The molecule has 0 saturated heterocycles. The molecular weight excluding hydrogens is 326 g/mol. The van der Waals surface area contributed by atoms with Crippen LogP contribution in [0.4, 0.5) is 0 Å². The van der Waals surface area contributed by atoms with E-state index >= 15 is 0 Å². The molecule has 1 heterocycles. The third-order valence-corrected chi connectivity index (χ3v) is 5.64. The molecular formula is C18H19NO4S. The zero-order valence-electron chi connectivity index (χ0n) is 13.6. The molecule has 1 saturated carbocycles. The van der Waals surface area contributed by atoms with Gasteiger partial charge in [0, 0.05) is 13.1 Å². The summed E-state index contributed by atoms with van der Waals surface area (Å²) in [7, 11) is 3.44. The molecule has 1 aliphatic rings. The van der Waals surface area contributed by atoms with Crippen molar-refractivity contribution in [3.8, 4) is 5.75 Å². The minimum Gasteiger partial charge on any atom is -0.497 e. The first kappa shape index (κ1) is 16.5. The van der Waals surface area contributed by atoms with Gasteiger partial charge in [-0.3, -0.25) is 4.79 Å². The van der Waals surface area contributed by atoms with Gasteiger partial charge < -0.3 is 14.7 Å². The molecule has 0 spiro atoms. The van der Waals surface area contributed by atoms with Gasteiger partial charge in [-0.2, -0.15) is 0 Å². The monoisotopic (exact) mass is 345 g/mol. The van der Waals surface area contributed by atoms with E-state index < -0.39 is 5.97 Å². The standard InChI is InChI=1S/C18H19NO4S/c1-19(17(20)15-6-7-16(24-15)18(21)22)13-8-12(9-13)11-4-3-5-14(10-11)23-2/h3-7,10,12-13H,8-9H2,1-2H3,(H,21,22). The van der Waals surface area contributed by atoms with Gasteiger partial charge in [-0.25, -0.2) is 4.79 Å². The Labute approximate surface area is 144 Å². The van der Waals surface area contributed by atoms with Crippen LogP contribution in [-0.4, -0.2) is 42.1 Å². The molecule has 1 amide bonds. The van der Waals surface area contributed by atoms with E-state index in [0.717, 1.165) is 29.9 Å². The molecule has 1 aliphatic carbocycles. The number of nitrogens with zero attached hydrogens (tertiary/aromatic N) is 1. The van der Waals surface area contributed by atoms with Crippen molar-refractivity contribution in [3.63, 3.8) is 0 Å². The maximum Gasteiger partial charge on any atom is 0.345 e. The lowest BCUT2D eigenvalue weighted by atomic mass is 9.75. The molecule has 0 atom stereocenters. The normalized spacial score (nSPS) is 19.4. The number of benzene rings is 1. The molecule has 126 valence electrons. The van der Waals surface area contributed by atoms with E-state index in [9.17, 15) is 9.59 Å². The van der Waals surface area contributed by atoms with Crippen LogP contribution in [0.1, 0.15) is 43.7 Å². The number of ether oxygens (including phenoxy) is 1. The van der Waals surface area contributed by atoms with E-state index in [1.54, 1.807) is 25.1 Å². The molecule has 1 N–H and O–H groups in total. The Morgan fingerprint density at radius 1 is 1.21 bits per heavy atom. The zero-order valence-corrected chi connectivity index (χ0v) is 14.4. The zero-order chi connectivity index (χ0) is 17.3. The molecule has 1 aromatic carbocycles. The van der Waals surface area contributed by atoms with E-state index in [-0.39, 0.29) is 16.8 Å². The predicted molar refractivity (Wildman–Crippen MR) is 92.1 cm³/mol. The predicted octanol–water partition coefficient (Wildman–Crippen LogP) is 3.47. The fraction of sp³-hybridized carbons (Fsp3) is 0.333. The second-order valence-corrected chi connectivity index (χ2v) is 7.07. The van der Waals surface area contributed by atoms with Crippen molar-refractivity contribution in [1.29, 1.82) is 0 Å². The summed E-state index contributed by atoms with van der Waals surface area (Å²) in [6.45, 7) is 0. The highest BCUT2D eigenvalue weighted by Crippen LogP contribution is 2.40. The van der Waals surface area contributed by atoms with Gasteiger partial charge in [-0.1, -0.05) is 12.1 Å². The average molecular weight is 345 g/mol. The fourth-order valence-corrected chi connectivity index (χ4v) is 3.81. The largest absolute Gasteiger partial charge is 0.497 e. The maximum absolute atomic E-state index is 12.5. The number of hydrogen-bond donors (Lipinski definition) is 1. The number of hydrogen-bond acceptors (Lipinski definition) is 4. The number of rotatable bonds is 5. The van der Waals surface area contributed by atoms with E-state index in [0.29, 0.717) is 10.8 Å². The molecule has 3 rings (SSSR count). The molecule has 0 bridgehead atoms. The summed E-state index contributed by atoms with van der Waals surface area (Å²) in [5.41, 5.74) is 1.23. The smallest absolute Gasteiger partial charge is 0.345 e. The molecule has 5 nitrogen and oxygen atoms in total. The van der Waals surface area contributed by atoms with Crippen LogP contribution in [0.2, 0.25) is 0 Å². The molecule has 1 aromatic heterocycles. The van der Waals surface area contributed by atoms with E-state index in [2.05, 4.69) is 6.07 Å². The second-order valence-electron chi connectivity index (χ2n) is 5.98. The summed E-state index contributed by atoms with van der Waals surface area (Å²) >= 11 is 1.02. The molecule has 0 unspecified atom stereocenters. The van der Waals surface area contributed by atoms with Crippen molar-refractivity contribution in [1.82, 2.24) is 4.90 Å². The fourth-order valence-electron chi connectivity index (χ4n) is 2.98. The SMILES string of the molecule is COc1cccc(C2CC(N(C)C(=O)c3ccc(C(=O)O)s3)C2)c1. The first-order valence-corrected chi connectivity index (χ1v) is 8.55. The third kappa shape index (κ3) is 3.14. The molecule has 0 radical (unpaired) electrons. The van der Waals surface area contributed by atoms with Gasteiger partial charge in [-0.05, 0) is 48.6 Å². The number of amides is 1. The summed E-state index contributed by atoms with van der Waals surface area (Å²) in [4.78, 5) is 25.8. The van der Waals surface area contributed by atoms with Gasteiger partial charge in [0.25, 0.3) is 5.91 Å². The van der Waals surface area contributed by atoms with Crippen molar-refractivity contribution in [2.75, 3.05) is 14.2 Å². The van der Waals surface area contributed by atoms with Crippen LogP contribution in [0.25, 0.3) is 0 Å². The van der Waals surface area contributed by atoms with Crippen LogP contribution >= 0.6 is 11.3 Å². The van der Waals surface area contributed by atoms with Gasteiger partial charge in [0.2, 0.25) is 0 Å². The number of carbonyl (C=O) groups is 2. The molecule has 2 aromatic rings. The Bertz CT molecular complexity index is 764. The van der Waals surface area contributed by atoms with Crippen LogP contribution in [0.5, 0.6) is 5.75 Å². The maximum atomic E-state index is 12.5. The van der Waals surface area contributed by atoms with Gasteiger partial charge >= 0.3 is 5.97 Å². The Hall–Kier alpha value is -2.34. The lowest BCUT2D eigenvalue weighted by Crippen LogP contribution is -2.44. The third-order valence-electron chi connectivity index (χ3n) is 4.57. The molecule has 24 heavy (non-hydrogen) atoms. The number of aromatic carboxylic acids is 1. The van der Waals surface area contributed by atoms with Crippen LogP contribution in [0.15, 0.2) is 36.4 Å². The van der Waals surface area contributed by atoms with Gasteiger partial charge in [0.05, 0.1) is 12.0 Å². The van der Waals surface area contributed by atoms with Crippen LogP contribution < -0.4 is 4.74 Å². The quantitative estimate of drug-likeness (QED) is 0.901. The van der Waals surface area contributed by atoms with Crippen molar-refractivity contribution in [2.45, 2.75) is 24.8 Å². The summed E-state index contributed by atoms with van der Waals surface area (Å²) in [6, 6.07) is 11.3. The van der Waals surface area contributed by atoms with Crippen molar-refractivity contribution in [3.05, 3.63) is 51.7 Å². The van der Waals surface area contributed by atoms with E-state index in [1.165, 1.54) is 11.6 Å². The topological polar surface area (TPSA) is 66.8 Å². The lowest BCUT2D eigenvalue weighted by molar-refractivity contribution is 0.0624. The number of carboxylic acid groups (broad SMARTS) is 1. The summed E-state index contributed by atoms with van der Waals surface area (Å²) in [5, 5.41) is 8.96. The number of methoxy groups -OCH3 is 1. The summed E-state index contributed by atoms with van der Waals surface area (Å²) < 4.78 is 5.25. The first-order chi connectivity index (χ1) is 11.5. The molecule has 0 aliphatic heterocycles. The average Bonchev–Trinajstić information content (AvgIpc) is 3.03. The van der Waals surface area contributed by atoms with Crippen molar-refractivity contribution < 1.29 is 19.4 Å². The highest BCUT2D eigenvalue weighted by atomic mass is 32.1. The molecule has 1 fully saturated rings. The van der Waals surface area contributed by atoms with Crippen molar-refractivity contribution in [2.24, 2.45) is 0 Å². The van der Waals surface area contributed by atoms with E-state index in [4.69, 9.17) is 9.84 Å². The minimum atomic E-state index is -0.997. The van der Waals surface area contributed by atoms with Gasteiger partial charge in [0.1, 0.15) is 10.6 Å². The number of thiophene rings is 1. The van der Waals surface area contributed by atoms with Crippen LogP contribution in [0.3, 0.4) is 0 Å². The first-order valence-electron chi connectivity index (χ1n) is 7.74. The second kappa shape index (κ2) is 6.65. The summed E-state index contributed by atoms with van der Waals surface area (Å²) in [6.07, 6.45) is 1.82. The van der Waals surface area contributed by atoms with Crippen LogP contribution in [-0.2, 0) is 0 Å². The highest BCUT2D eigenvalue weighted by Gasteiger charge is 2.35. The lowest BCUT2D eigenvalue weighted by Gasteiger charge is -2.41.